The lowest BCUT2D eigenvalue weighted by Gasteiger charge is -2.23. The maximum Gasteiger partial charge on any atom is 0.532 e. The normalized spacial score (nSPS) is 15.2. The van der Waals surface area contributed by atoms with E-state index in [0.717, 1.165) is 56.9 Å². The Hall–Kier alpha value is -1.16. The highest BCUT2D eigenvalue weighted by Crippen LogP contribution is 2.51. The van der Waals surface area contributed by atoms with Crippen molar-refractivity contribution in [3.63, 3.8) is 0 Å². The summed E-state index contributed by atoms with van der Waals surface area (Å²) < 4.78 is 30.1. The van der Waals surface area contributed by atoms with Crippen LogP contribution in [0.1, 0.15) is 91.0 Å². The second-order valence-corrected chi connectivity index (χ2v) is 9.91. The van der Waals surface area contributed by atoms with E-state index < -0.39 is 13.8 Å². The second-order valence-electron chi connectivity index (χ2n) is 8.32. The summed E-state index contributed by atoms with van der Waals surface area (Å²) in [6, 6.07) is 9.71. The highest BCUT2D eigenvalue weighted by atomic mass is 31.2. The van der Waals surface area contributed by atoms with Gasteiger partial charge in [-0.05, 0) is 36.7 Å². The van der Waals surface area contributed by atoms with Gasteiger partial charge < -0.3 is 4.52 Å². The van der Waals surface area contributed by atoms with Crippen LogP contribution in [0, 0.1) is 11.8 Å². The van der Waals surface area contributed by atoms with Gasteiger partial charge in [0.05, 0.1) is 13.2 Å². The van der Waals surface area contributed by atoms with Gasteiger partial charge in [-0.15, -0.1) is 0 Å². The number of benzene rings is 1. The minimum atomic E-state index is -3.94. The third-order valence-corrected chi connectivity index (χ3v) is 7.06. The fourth-order valence-electron chi connectivity index (χ4n) is 3.34. The quantitative estimate of drug-likeness (QED) is 0.212. The number of hydrogen-bond donors (Lipinski definition) is 0. The van der Waals surface area contributed by atoms with Crippen LogP contribution < -0.4 is 0 Å². The Labute approximate surface area is 189 Å². The van der Waals surface area contributed by atoms with Gasteiger partial charge in [0.2, 0.25) is 0 Å². The summed E-state index contributed by atoms with van der Waals surface area (Å²) in [5, 5.41) is 0. The molecule has 1 rings (SSSR count). The molecule has 0 fully saturated rings. The number of phosphoric ester groups is 1. The Balaban J connectivity index is 2.72. The molecule has 31 heavy (non-hydrogen) atoms. The summed E-state index contributed by atoms with van der Waals surface area (Å²) in [4.78, 5) is 12.5. The summed E-state index contributed by atoms with van der Waals surface area (Å²) in [7, 11) is -3.94. The van der Waals surface area contributed by atoms with Crippen LogP contribution in [0.2, 0.25) is 0 Å². The SMILES string of the molecule is CCCCC(CC)COP(=O)(OCC(CC)CCCC)OC(=O)CCc1ccccc1. The van der Waals surface area contributed by atoms with Crippen molar-refractivity contribution in [1.82, 2.24) is 0 Å². The van der Waals surface area contributed by atoms with Crippen molar-refractivity contribution in [2.24, 2.45) is 11.8 Å². The maximum atomic E-state index is 13.3. The largest absolute Gasteiger partial charge is 0.532 e. The molecule has 0 N–H and O–H groups in total. The van der Waals surface area contributed by atoms with Crippen LogP contribution in [-0.4, -0.2) is 19.2 Å². The fourth-order valence-corrected chi connectivity index (χ4v) is 4.65. The smallest absolute Gasteiger partial charge is 0.370 e. The average molecular weight is 455 g/mol. The molecule has 1 aromatic rings. The summed E-state index contributed by atoms with van der Waals surface area (Å²) in [6.45, 7) is 9.06. The predicted molar refractivity (Wildman–Crippen MR) is 127 cm³/mol. The molecule has 5 nitrogen and oxygen atoms in total. The molecule has 0 saturated heterocycles. The Morgan fingerprint density at radius 3 is 1.84 bits per heavy atom. The molecule has 0 amide bonds. The number of aryl methyl sites for hydroxylation is 1. The summed E-state index contributed by atoms with van der Waals surface area (Å²) >= 11 is 0. The summed E-state index contributed by atoms with van der Waals surface area (Å²) in [5.41, 5.74) is 1.03. The van der Waals surface area contributed by atoms with Crippen molar-refractivity contribution in [2.45, 2.75) is 91.9 Å². The molecule has 0 bridgehead atoms. The topological polar surface area (TPSA) is 61.8 Å². The van der Waals surface area contributed by atoms with Crippen molar-refractivity contribution in [3.05, 3.63) is 35.9 Å². The van der Waals surface area contributed by atoms with E-state index in [-0.39, 0.29) is 31.5 Å². The van der Waals surface area contributed by atoms with Crippen LogP contribution in [-0.2, 0) is 29.4 Å². The molecule has 2 unspecified atom stereocenters. The molecule has 6 heteroatoms. The number of carbonyl (C=O) groups is 1. The Morgan fingerprint density at radius 2 is 1.39 bits per heavy atom. The van der Waals surface area contributed by atoms with E-state index in [2.05, 4.69) is 27.7 Å². The molecule has 0 aliphatic rings. The highest BCUT2D eigenvalue weighted by molar-refractivity contribution is 7.49. The van der Waals surface area contributed by atoms with Gasteiger partial charge in [-0.3, -0.25) is 13.8 Å². The van der Waals surface area contributed by atoms with Gasteiger partial charge in [0.15, 0.2) is 0 Å². The van der Waals surface area contributed by atoms with Crippen LogP contribution in [0.4, 0.5) is 0 Å². The lowest BCUT2D eigenvalue weighted by atomic mass is 10.0. The molecule has 0 heterocycles. The van der Waals surface area contributed by atoms with E-state index in [1.807, 2.05) is 30.3 Å². The van der Waals surface area contributed by atoms with E-state index in [4.69, 9.17) is 13.6 Å². The molecule has 0 radical (unpaired) electrons. The molecular weight excluding hydrogens is 411 g/mol. The van der Waals surface area contributed by atoms with E-state index in [1.165, 1.54) is 0 Å². The van der Waals surface area contributed by atoms with E-state index in [1.54, 1.807) is 0 Å². The third-order valence-electron chi connectivity index (χ3n) is 5.70. The van der Waals surface area contributed by atoms with Crippen LogP contribution in [0.25, 0.3) is 0 Å². The van der Waals surface area contributed by atoms with Gasteiger partial charge in [0, 0.05) is 6.42 Å². The number of hydrogen-bond acceptors (Lipinski definition) is 5. The molecule has 0 aromatic heterocycles. The minimum absolute atomic E-state index is 0.140. The minimum Gasteiger partial charge on any atom is -0.370 e. The summed E-state index contributed by atoms with van der Waals surface area (Å²) in [5.74, 6) is 0.0133. The Kier molecular flexibility index (Phi) is 14.8. The van der Waals surface area contributed by atoms with Crippen molar-refractivity contribution >= 4 is 13.8 Å². The third kappa shape index (κ3) is 12.5. The zero-order valence-corrected chi connectivity index (χ0v) is 20.9. The first-order valence-electron chi connectivity index (χ1n) is 12.1. The van der Waals surface area contributed by atoms with Crippen LogP contribution in [0.5, 0.6) is 0 Å². The number of carbonyl (C=O) groups excluding carboxylic acids is 1. The van der Waals surface area contributed by atoms with Crippen LogP contribution in [0.15, 0.2) is 30.3 Å². The second kappa shape index (κ2) is 16.5. The monoisotopic (exact) mass is 454 g/mol. The molecule has 178 valence electrons. The van der Waals surface area contributed by atoms with Gasteiger partial charge in [0.25, 0.3) is 0 Å². The zero-order chi connectivity index (χ0) is 23.0. The van der Waals surface area contributed by atoms with Gasteiger partial charge in [-0.1, -0.05) is 96.6 Å². The van der Waals surface area contributed by atoms with E-state index in [9.17, 15) is 9.36 Å². The van der Waals surface area contributed by atoms with Gasteiger partial charge in [-0.25, -0.2) is 4.57 Å². The first-order valence-corrected chi connectivity index (χ1v) is 13.6. The molecule has 0 saturated carbocycles. The van der Waals surface area contributed by atoms with Crippen molar-refractivity contribution in [2.75, 3.05) is 13.2 Å². The highest BCUT2D eigenvalue weighted by Gasteiger charge is 2.33. The fraction of sp³-hybridized carbons (Fsp3) is 0.720. The maximum absolute atomic E-state index is 13.3. The van der Waals surface area contributed by atoms with Crippen LogP contribution in [0.3, 0.4) is 0 Å². The van der Waals surface area contributed by atoms with Gasteiger partial charge >= 0.3 is 13.8 Å². The Morgan fingerprint density at radius 1 is 0.871 bits per heavy atom. The molecule has 1 aromatic carbocycles. The first-order chi connectivity index (χ1) is 15.0. The Bertz CT molecular complexity index is 610. The van der Waals surface area contributed by atoms with Crippen molar-refractivity contribution in [1.29, 1.82) is 0 Å². The van der Waals surface area contributed by atoms with Crippen molar-refractivity contribution < 1.29 is 22.9 Å². The number of rotatable bonds is 18. The molecule has 0 aliphatic heterocycles. The predicted octanol–water partition coefficient (Wildman–Crippen LogP) is 7.74. The van der Waals surface area contributed by atoms with Gasteiger partial charge in [0.1, 0.15) is 0 Å². The molecular formula is C25H43O5P. The first kappa shape index (κ1) is 27.9. The lowest BCUT2D eigenvalue weighted by molar-refractivity contribution is -0.136. The van der Waals surface area contributed by atoms with Crippen molar-refractivity contribution in [3.8, 4) is 0 Å². The standard InChI is InChI=1S/C25H43O5P/c1-5-9-14-22(7-3)20-28-31(27,29-21-23(8-4)15-10-6-2)30-25(26)19-18-24-16-12-11-13-17-24/h11-13,16-17,22-23H,5-10,14-15,18-21H2,1-4H3. The zero-order valence-electron chi connectivity index (χ0n) is 20.0. The number of unbranched alkanes of at least 4 members (excludes halogenated alkanes) is 2. The van der Waals surface area contributed by atoms with E-state index >= 15 is 0 Å². The molecule has 0 aliphatic carbocycles. The van der Waals surface area contributed by atoms with Crippen LogP contribution >= 0.6 is 7.82 Å². The molecule has 2 atom stereocenters. The van der Waals surface area contributed by atoms with E-state index in [0.29, 0.717) is 6.42 Å². The average Bonchev–Trinajstić information content (AvgIpc) is 2.79. The summed E-state index contributed by atoms with van der Waals surface area (Å²) in [6.07, 6.45) is 8.93. The lowest BCUT2D eigenvalue weighted by Crippen LogP contribution is -2.15. The van der Waals surface area contributed by atoms with Gasteiger partial charge in [-0.2, -0.15) is 0 Å². The number of phosphoric acid groups is 1. The molecule has 0 spiro atoms.